The van der Waals surface area contributed by atoms with Gasteiger partial charge in [-0.3, -0.25) is 39.0 Å². The number of nitrogens with zero attached hydrogens (tertiary/aromatic N) is 1. The minimum Gasteiger partial charge on any atom is -0.383 e. The van der Waals surface area contributed by atoms with Crippen molar-refractivity contribution in [2.24, 2.45) is 34.5 Å². The number of carbonyl (C=O) groups is 6. The fourth-order valence-electron chi connectivity index (χ4n) is 9.93. The minimum atomic E-state index is -1.02. The quantitative estimate of drug-likeness (QED) is 0.283. The van der Waals surface area contributed by atoms with Crippen LogP contribution in [0.4, 0.5) is 5.69 Å². The van der Waals surface area contributed by atoms with Gasteiger partial charge >= 0.3 is 0 Å². The fourth-order valence-corrected chi connectivity index (χ4v) is 9.93. The highest BCUT2D eigenvalue weighted by Crippen LogP contribution is 2.65. The van der Waals surface area contributed by atoms with Crippen molar-refractivity contribution in [1.29, 1.82) is 0 Å². The highest BCUT2D eigenvalue weighted by molar-refractivity contribution is 6.25. The van der Waals surface area contributed by atoms with Crippen LogP contribution in [-0.4, -0.2) is 65.5 Å². The fraction of sp³-hybridized carbons (Fsp3) is 0.588. The summed E-state index contributed by atoms with van der Waals surface area (Å²) >= 11 is 0. The maximum absolute atomic E-state index is 13.6. The third kappa shape index (κ3) is 4.60. The molecule has 1 aromatic rings. The molecule has 238 valence electrons. The number of amides is 6. The largest absolute Gasteiger partial charge is 0.383 e. The summed E-state index contributed by atoms with van der Waals surface area (Å²) in [6.07, 6.45) is 10.0. The van der Waals surface area contributed by atoms with Gasteiger partial charge in [0.1, 0.15) is 6.04 Å². The van der Waals surface area contributed by atoms with E-state index < -0.39 is 29.7 Å². The van der Waals surface area contributed by atoms with Crippen molar-refractivity contribution in [3.63, 3.8) is 0 Å². The number of rotatable bonds is 6. The highest BCUT2D eigenvalue weighted by Gasteiger charge is 2.61. The second-order valence-electron chi connectivity index (χ2n) is 14.3. The molecule has 11 heteroatoms. The van der Waals surface area contributed by atoms with Crippen LogP contribution in [0, 0.1) is 34.5 Å². The lowest BCUT2D eigenvalue weighted by atomic mass is 9.48. The number of hydrogen-bond donors (Lipinski definition) is 4. The van der Waals surface area contributed by atoms with Gasteiger partial charge in [-0.25, -0.2) is 0 Å². The second-order valence-corrected chi connectivity index (χ2v) is 14.3. The molecule has 1 unspecified atom stereocenters. The van der Waals surface area contributed by atoms with E-state index in [-0.39, 0.29) is 58.6 Å². The number of anilines is 1. The molecular weight excluding hydrogens is 574 g/mol. The van der Waals surface area contributed by atoms with Crippen LogP contribution in [0.2, 0.25) is 0 Å². The van der Waals surface area contributed by atoms with Crippen LogP contribution in [0.1, 0.15) is 85.9 Å². The maximum atomic E-state index is 13.6. The molecule has 3 heterocycles. The zero-order chi connectivity index (χ0) is 31.7. The number of benzene rings is 1. The van der Waals surface area contributed by atoms with Gasteiger partial charge in [0.2, 0.25) is 23.6 Å². The lowest BCUT2D eigenvalue weighted by Crippen LogP contribution is -2.59. The first kappa shape index (κ1) is 29.7. The number of hydrogen-bond acceptors (Lipinski definition) is 7. The van der Waals surface area contributed by atoms with Crippen molar-refractivity contribution in [1.82, 2.24) is 20.9 Å². The van der Waals surface area contributed by atoms with Crippen LogP contribution in [0.25, 0.3) is 0 Å². The van der Waals surface area contributed by atoms with E-state index >= 15 is 0 Å². The lowest BCUT2D eigenvalue weighted by molar-refractivity contribution is -0.136. The lowest BCUT2D eigenvalue weighted by Gasteiger charge is -2.58. The van der Waals surface area contributed by atoms with Crippen molar-refractivity contribution >= 4 is 41.1 Å². The molecule has 6 amide bonds. The third-order valence-corrected chi connectivity index (χ3v) is 12.2. The van der Waals surface area contributed by atoms with Crippen molar-refractivity contribution in [3.05, 3.63) is 41.5 Å². The monoisotopic (exact) mass is 615 g/mol. The minimum absolute atomic E-state index is 0.00889. The Morgan fingerprint density at radius 2 is 1.78 bits per heavy atom. The molecule has 45 heavy (non-hydrogen) atoms. The molecule has 0 aromatic heterocycles. The third-order valence-electron chi connectivity index (χ3n) is 12.2. The Hall–Kier alpha value is -4.02. The summed E-state index contributed by atoms with van der Waals surface area (Å²) in [4.78, 5) is 77.1. The van der Waals surface area contributed by atoms with Gasteiger partial charge in [-0.15, -0.1) is 0 Å². The molecule has 3 aliphatic heterocycles. The summed E-state index contributed by atoms with van der Waals surface area (Å²) in [7, 11) is 0. The molecule has 4 N–H and O–H groups in total. The van der Waals surface area contributed by atoms with Gasteiger partial charge in [-0.2, -0.15) is 0 Å². The molecule has 7 rings (SSSR count). The zero-order valence-corrected chi connectivity index (χ0v) is 25.8. The average Bonchev–Trinajstić information content (AvgIpc) is 3.49. The molecule has 3 saturated carbocycles. The number of carbonyl (C=O) groups excluding carboxylic acids is 6. The molecule has 11 nitrogen and oxygen atoms in total. The van der Waals surface area contributed by atoms with Gasteiger partial charge in [0.25, 0.3) is 11.8 Å². The standard InChI is InChI=1S/C34H41N5O6/c1-33-14-12-21-18(6-10-25-34(21,2)15-13-27(41)37-25)20(33)7-8-22(33)29(42)36-17-16-35-23-5-3-4-19-28(23)32(45)39(31(19)44)24-9-11-26(40)38-30(24)43/h3-5,13,15,18,20-22,24-25,35H,6-12,14,16-17H2,1-2H3,(H,36,42)(H,37,41)(H,38,40,43)/t18-,20-,21-,22+,24?,25+,33-,34+/m0/s1. The number of nitrogens with one attached hydrogen (secondary N) is 4. The van der Waals surface area contributed by atoms with Gasteiger partial charge in [0, 0.05) is 42.6 Å². The van der Waals surface area contributed by atoms with Crippen LogP contribution in [-0.2, 0) is 19.2 Å². The Balaban J connectivity index is 0.971. The van der Waals surface area contributed by atoms with Gasteiger partial charge in [-0.05, 0) is 86.3 Å². The Morgan fingerprint density at radius 3 is 2.58 bits per heavy atom. The van der Waals surface area contributed by atoms with Crippen molar-refractivity contribution in [2.45, 2.75) is 77.3 Å². The summed E-state index contributed by atoms with van der Waals surface area (Å²) in [6, 6.07) is 4.12. The summed E-state index contributed by atoms with van der Waals surface area (Å²) in [6.45, 7) is 5.32. The molecule has 1 saturated heterocycles. The summed E-state index contributed by atoms with van der Waals surface area (Å²) in [5.74, 6) is -0.618. The molecule has 0 spiro atoms. The molecular formula is C34H41N5O6. The molecule has 3 aliphatic carbocycles. The van der Waals surface area contributed by atoms with Crippen LogP contribution in [0.3, 0.4) is 0 Å². The number of imide groups is 2. The molecule has 6 aliphatic rings. The van der Waals surface area contributed by atoms with Gasteiger partial charge in [0.05, 0.1) is 11.1 Å². The molecule has 8 atom stereocenters. The topological polar surface area (TPSA) is 154 Å². The van der Waals surface area contributed by atoms with E-state index in [1.807, 2.05) is 0 Å². The van der Waals surface area contributed by atoms with Crippen LogP contribution < -0.4 is 21.3 Å². The van der Waals surface area contributed by atoms with Crippen LogP contribution in [0.5, 0.6) is 0 Å². The predicted octanol–water partition coefficient (Wildman–Crippen LogP) is 2.53. The first-order valence-corrected chi connectivity index (χ1v) is 16.4. The van der Waals surface area contributed by atoms with Crippen LogP contribution in [0.15, 0.2) is 30.4 Å². The van der Waals surface area contributed by atoms with E-state index in [1.54, 1.807) is 24.3 Å². The Kier molecular flexibility index (Phi) is 7.13. The summed E-state index contributed by atoms with van der Waals surface area (Å²) in [5, 5.41) is 11.8. The van der Waals surface area contributed by atoms with E-state index in [0.717, 1.165) is 43.4 Å². The Labute approximate surface area is 262 Å². The highest BCUT2D eigenvalue weighted by atomic mass is 16.2. The second kappa shape index (κ2) is 10.8. The number of fused-ring (bicyclic) bond motifs is 6. The summed E-state index contributed by atoms with van der Waals surface area (Å²) < 4.78 is 0. The van der Waals surface area contributed by atoms with Gasteiger partial charge in [-0.1, -0.05) is 26.0 Å². The van der Waals surface area contributed by atoms with E-state index in [1.165, 1.54) is 0 Å². The molecule has 0 bridgehead atoms. The normalized spacial score (nSPS) is 36.8. The first-order chi connectivity index (χ1) is 21.5. The van der Waals surface area contributed by atoms with E-state index in [2.05, 4.69) is 41.2 Å². The predicted molar refractivity (Wildman–Crippen MR) is 164 cm³/mol. The maximum Gasteiger partial charge on any atom is 0.264 e. The van der Waals surface area contributed by atoms with Gasteiger partial charge in [0.15, 0.2) is 0 Å². The van der Waals surface area contributed by atoms with E-state index in [9.17, 15) is 28.8 Å². The Morgan fingerprint density at radius 1 is 0.956 bits per heavy atom. The average molecular weight is 616 g/mol. The first-order valence-electron chi connectivity index (χ1n) is 16.4. The van der Waals surface area contributed by atoms with E-state index in [0.29, 0.717) is 36.5 Å². The Bertz CT molecular complexity index is 1540. The zero-order valence-electron chi connectivity index (χ0n) is 25.8. The van der Waals surface area contributed by atoms with Crippen molar-refractivity contribution in [2.75, 3.05) is 18.4 Å². The number of piperidine rings is 1. The van der Waals surface area contributed by atoms with Crippen LogP contribution >= 0.6 is 0 Å². The van der Waals surface area contributed by atoms with E-state index in [4.69, 9.17) is 0 Å². The SMILES string of the molecule is C[C@]12C=CC(=O)N[C@@H]1CC[C@@H]1[C@@H]2CC[C@]2(C)[C@@H](C(=O)NCCNc3cccc4c3C(=O)N(C3CCC(=O)NC3=O)C4=O)CC[C@@H]12. The van der Waals surface area contributed by atoms with Crippen molar-refractivity contribution in [3.8, 4) is 0 Å². The van der Waals surface area contributed by atoms with Gasteiger partial charge < -0.3 is 16.0 Å². The smallest absolute Gasteiger partial charge is 0.264 e. The summed E-state index contributed by atoms with van der Waals surface area (Å²) in [5.41, 5.74) is 0.798. The molecule has 1 aromatic carbocycles. The molecule has 0 radical (unpaired) electrons. The van der Waals surface area contributed by atoms with Crippen molar-refractivity contribution < 1.29 is 28.8 Å². The molecule has 4 fully saturated rings.